The lowest BCUT2D eigenvalue weighted by Crippen LogP contribution is -2.34. The Morgan fingerprint density at radius 3 is 2.74 bits per heavy atom. The summed E-state index contributed by atoms with van der Waals surface area (Å²) in [5, 5.41) is 18.1. The van der Waals surface area contributed by atoms with Crippen molar-refractivity contribution < 1.29 is 4.79 Å². The van der Waals surface area contributed by atoms with Gasteiger partial charge in [-0.2, -0.15) is 4.68 Å². The zero-order valence-corrected chi connectivity index (χ0v) is 22.9. The van der Waals surface area contributed by atoms with Crippen LogP contribution in [0.3, 0.4) is 0 Å². The van der Waals surface area contributed by atoms with E-state index in [0.717, 1.165) is 46.6 Å². The van der Waals surface area contributed by atoms with E-state index in [4.69, 9.17) is 9.97 Å². The summed E-state index contributed by atoms with van der Waals surface area (Å²) in [5.41, 5.74) is 4.64. The Kier molecular flexibility index (Phi) is 6.90. The van der Waals surface area contributed by atoms with Crippen LogP contribution in [0.25, 0.3) is 15.9 Å². The molecular formula is C28H27N7OS2. The number of hydrogen-bond donors (Lipinski definition) is 1. The molecule has 1 aliphatic rings. The van der Waals surface area contributed by atoms with Gasteiger partial charge in [0.15, 0.2) is 0 Å². The normalized spacial score (nSPS) is 14.9. The van der Waals surface area contributed by atoms with Crippen molar-refractivity contribution in [1.29, 1.82) is 0 Å². The molecule has 1 aliphatic carbocycles. The Balaban J connectivity index is 1.20. The third kappa shape index (κ3) is 5.06. The van der Waals surface area contributed by atoms with Gasteiger partial charge in [-0.1, -0.05) is 48.0 Å². The lowest BCUT2D eigenvalue weighted by molar-refractivity contribution is -0.125. The van der Waals surface area contributed by atoms with Gasteiger partial charge in [0, 0.05) is 22.7 Å². The number of hydrogen-bond acceptors (Lipinski definition) is 8. The fraction of sp³-hybridized carbons (Fsp3) is 0.286. The SMILES string of the molecule is Cc1ccc(CCNC(=O)C2CCc3c(sc4nc(C)nc(Sc5nnnn5-c5ccccc5)c34)C2)cc1. The Bertz CT molecular complexity index is 1600. The number of amides is 1. The second-order valence-corrected chi connectivity index (χ2v) is 11.6. The number of carbonyl (C=O) groups is 1. The molecule has 6 rings (SSSR count). The fourth-order valence-corrected chi connectivity index (χ4v) is 7.22. The van der Waals surface area contributed by atoms with Crippen molar-refractivity contribution in [2.45, 2.75) is 49.7 Å². The van der Waals surface area contributed by atoms with E-state index in [1.807, 2.05) is 37.3 Å². The first-order valence-corrected chi connectivity index (χ1v) is 14.3. The zero-order chi connectivity index (χ0) is 26.1. The average molecular weight is 542 g/mol. The molecule has 192 valence electrons. The lowest BCUT2D eigenvalue weighted by Gasteiger charge is -2.21. The summed E-state index contributed by atoms with van der Waals surface area (Å²) >= 11 is 3.14. The Morgan fingerprint density at radius 2 is 1.92 bits per heavy atom. The molecule has 38 heavy (non-hydrogen) atoms. The summed E-state index contributed by atoms with van der Waals surface area (Å²) in [6.45, 7) is 4.64. The first kappa shape index (κ1) is 24.7. The molecule has 1 N–H and O–H groups in total. The number of carbonyl (C=O) groups excluding carboxylic acids is 1. The first-order valence-electron chi connectivity index (χ1n) is 12.7. The average Bonchev–Trinajstić information content (AvgIpc) is 3.54. The van der Waals surface area contributed by atoms with Crippen LogP contribution in [0.2, 0.25) is 0 Å². The fourth-order valence-electron chi connectivity index (χ4n) is 4.83. The summed E-state index contributed by atoms with van der Waals surface area (Å²) in [6.07, 6.45) is 3.21. The van der Waals surface area contributed by atoms with E-state index >= 15 is 0 Å². The topological polar surface area (TPSA) is 98.5 Å². The van der Waals surface area contributed by atoms with Crippen LogP contribution in [-0.4, -0.2) is 42.6 Å². The first-order chi connectivity index (χ1) is 18.5. The third-order valence-corrected chi connectivity index (χ3v) is 8.90. The highest BCUT2D eigenvalue weighted by Crippen LogP contribution is 2.42. The van der Waals surface area contributed by atoms with Crippen LogP contribution in [0.4, 0.5) is 0 Å². The summed E-state index contributed by atoms with van der Waals surface area (Å²) in [6, 6.07) is 18.3. The van der Waals surface area contributed by atoms with Gasteiger partial charge >= 0.3 is 0 Å². The number of thiophene rings is 1. The maximum Gasteiger partial charge on any atom is 0.223 e. The smallest absolute Gasteiger partial charge is 0.223 e. The number of nitrogens with one attached hydrogen (secondary N) is 1. The number of rotatable bonds is 7. The molecule has 1 unspecified atom stereocenters. The number of aromatic nitrogens is 6. The maximum absolute atomic E-state index is 13.0. The van der Waals surface area contributed by atoms with Crippen molar-refractivity contribution >= 4 is 39.2 Å². The molecule has 8 nitrogen and oxygen atoms in total. The van der Waals surface area contributed by atoms with E-state index in [1.54, 1.807) is 16.0 Å². The van der Waals surface area contributed by atoms with Gasteiger partial charge in [0.2, 0.25) is 11.1 Å². The van der Waals surface area contributed by atoms with Gasteiger partial charge in [0.25, 0.3) is 0 Å². The molecule has 0 aliphatic heterocycles. The van der Waals surface area contributed by atoms with Crippen LogP contribution in [0.15, 0.2) is 64.8 Å². The molecule has 3 aromatic heterocycles. The van der Waals surface area contributed by atoms with Crippen molar-refractivity contribution in [2.75, 3.05) is 6.54 Å². The number of benzene rings is 2. The van der Waals surface area contributed by atoms with Gasteiger partial charge in [-0.15, -0.1) is 16.4 Å². The van der Waals surface area contributed by atoms with E-state index in [2.05, 4.69) is 52.0 Å². The standard InChI is InChI=1S/C28H27N7OS2/c1-17-8-10-19(11-9-17)14-15-29-25(36)20-12-13-22-23(16-20)37-26-24(22)27(31-18(2)30-26)38-28-32-33-34-35(28)21-6-4-3-5-7-21/h3-11,20H,12-16H2,1-2H3,(H,29,36). The largest absolute Gasteiger partial charge is 0.356 e. The molecule has 0 fully saturated rings. The van der Waals surface area contributed by atoms with Crippen molar-refractivity contribution in [3.05, 3.63) is 82.0 Å². The summed E-state index contributed by atoms with van der Waals surface area (Å²) in [5.74, 6) is 0.825. The van der Waals surface area contributed by atoms with Crippen LogP contribution >= 0.6 is 23.1 Å². The van der Waals surface area contributed by atoms with Gasteiger partial charge in [0.05, 0.1) is 5.69 Å². The number of fused-ring (bicyclic) bond motifs is 3. The molecule has 3 heterocycles. The number of para-hydroxylation sites is 1. The minimum Gasteiger partial charge on any atom is -0.356 e. The summed E-state index contributed by atoms with van der Waals surface area (Å²) in [4.78, 5) is 24.7. The van der Waals surface area contributed by atoms with Crippen LogP contribution in [0.5, 0.6) is 0 Å². The van der Waals surface area contributed by atoms with Gasteiger partial charge in [-0.3, -0.25) is 4.79 Å². The van der Waals surface area contributed by atoms with E-state index in [-0.39, 0.29) is 11.8 Å². The second kappa shape index (κ2) is 10.6. The monoisotopic (exact) mass is 541 g/mol. The molecule has 0 spiro atoms. The highest BCUT2D eigenvalue weighted by atomic mass is 32.2. The van der Waals surface area contributed by atoms with Crippen LogP contribution < -0.4 is 5.32 Å². The van der Waals surface area contributed by atoms with Crippen molar-refractivity contribution in [3.8, 4) is 5.69 Å². The second-order valence-electron chi connectivity index (χ2n) is 9.54. The minimum absolute atomic E-state index is 0.0240. The molecule has 10 heteroatoms. The van der Waals surface area contributed by atoms with Gasteiger partial charge in [-0.05, 0) is 85.0 Å². The van der Waals surface area contributed by atoms with Crippen LogP contribution in [0, 0.1) is 19.8 Å². The molecule has 0 saturated heterocycles. The lowest BCUT2D eigenvalue weighted by atomic mass is 9.87. The van der Waals surface area contributed by atoms with E-state index in [0.29, 0.717) is 17.5 Å². The Hall–Kier alpha value is -3.63. The van der Waals surface area contributed by atoms with E-state index < -0.39 is 0 Å². The predicted molar refractivity (Wildman–Crippen MR) is 149 cm³/mol. The molecule has 1 atom stereocenters. The number of nitrogens with zero attached hydrogens (tertiary/aromatic N) is 6. The van der Waals surface area contributed by atoms with Crippen LogP contribution in [-0.2, 0) is 24.1 Å². The van der Waals surface area contributed by atoms with Gasteiger partial charge in [0.1, 0.15) is 15.7 Å². The molecule has 2 aromatic carbocycles. The van der Waals surface area contributed by atoms with Crippen molar-refractivity contribution in [3.63, 3.8) is 0 Å². The highest BCUT2D eigenvalue weighted by Gasteiger charge is 2.29. The zero-order valence-electron chi connectivity index (χ0n) is 21.2. The molecule has 0 bridgehead atoms. The van der Waals surface area contributed by atoms with E-state index in [1.165, 1.54) is 33.3 Å². The van der Waals surface area contributed by atoms with Crippen molar-refractivity contribution in [1.82, 2.24) is 35.5 Å². The maximum atomic E-state index is 13.0. The van der Waals surface area contributed by atoms with Gasteiger partial charge < -0.3 is 5.32 Å². The Labute approximate surface area is 228 Å². The molecule has 0 saturated carbocycles. The van der Waals surface area contributed by atoms with Crippen molar-refractivity contribution in [2.24, 2.45) is 5.92 Å². The van der Waals surface area contributed by atoms with E-state index in [9.17, 15) is 4.79 Å². The number of tetrazole rings is 1. The molecular weight excluding hydrogens is 514 g/mol. The van der Waals surface area contributed by atoms with Crippen LogP contribution in [0.1, 0.15) is 33.8 Å². The quantitative estimate of drug-likeness (QED) is 0.293. The molecule has 5 aromatic rings. The highest BCUT2D eigenvalue weighted by molar-refractivity contribution is 7.99. The third-order valence-electron chi connectivity index (χ3n) is 6.82. The summed E-state index contributed by atoms with van der Waals surface area (Å²) < 4.78 is 1.73. The summed E-state index contributed by atoms with van der Waals surface area (Å²) in [7, 11) is 0. The van der Waals surface area contributed by atoms with Gasteiger partial charge in [-0.25, -0.2) is 9.97 Å². The Morgan fingerprint density at radius 1 is 1.11 bits per heavy atom. The predicted octanol–water partition coefficient (Wildman–Crippen LogP) is 4.90. The molecule has 0 radical (unpaired) electrons. The number of aryl methyl sites for hydroxylation is 3. The molecule has 1 amide bonds. The minimum atomic E-state index is -0.0240.